The van der Waals surface area contributed by atoms with E-state index in [1.807, 2.05) is 0 Å². The molecule has 0 aliphatic heterocycles. The Morgan fingerprint density at radius 1 is 1.28 bits per heavy atom. The standard InChI is InChI=1S/C17H25N/c1-2-15(16-9-6-10-17(18)13-16)12-11-14-7-4-3-5-8-14/h2-5,7-8,15-17H,1,6,9-13,18H2. The fourth-order valence-corrected chi connectivity index (χ4v) is 3.18. The molecule has 18 heavy (non-hydrogen) atoms. The van der Waals surface area contributed by atoms with E-state index in [4.69, 9.17) is 5.73 Å². The molecule has 1 saturated carbocycles. The summed E-state index contributed by atoms with van der Waals surface area (Å²) in [4.78, 5) is 0. The van der Waals surface area contributed by atoms with Crippen molar-refractivity contribution in [3.8, 4) is 0 Å². The van der Waals surface area contributed by atoms with Crippen LogP contribution in [-0.4, -0.2) is 6.04 Å². The monoisotopic (exact) mass is 243 g/mol. The minimum atomic E-state index is 0.419. The zero-order valence-electron chi connectivity index (χ0n) is 11.2. The summed E-state index contributed by atoms with van der Waals surface area (Å²) in [5, 5.41) is 0. The van der Waals surface area contributed by atoms with Crippen LogP contribution in [0.4, 0.5) is 0 Å². The number of nitrogens with two attached hydrogens (primary N) is 1. The lowest BCUT2D eigenvalue weighted by Crippen LogP contribution is -2.31. The van der Waals surface area contributed by atoms with Gasteiger partial charge in [-0.2, -0.15) is 0 Å². The predicted octanol–water partition coefficient (Wildman–Crippen LogP) is 3.94. The highest BCUT2D eigenvalue weighted by Gasteiger charge is 2.24. The van der Waals surface area contributed by atoms with Crippen molar-refractivity contribution in [2.45, 2.75) is 44.6 Å². The maximum absolute atomic E-state index is 6.09. The molecule has 0 bridgehead atoms. The minimum absolute atomic E-state index is 0.419. The van der Waals surface area contributed by atoms with Gasteiger partial charge in [0.2, 0.25) is 0 Å². The van der Waals surface area contributed by atoms with Crippen molar-refractivity contribution in [2.75, 3.05) is 0 Å². The molecule has 2 N–H and O–H groups in total. The van der Waals surface area contributed by atoms with Crippen molar-refractivity contribution in [3.63, 3.8) is 0 Å². The number of hydrogen-bond donors (Lipinski definition) is 1. The molecule has 3 atom stereocenters. The summed E-state index contributed by atoms with van der Waals surface area (Å²) in [6.45, 7) is 4.03. The number of rotatable bonds is 5. The van der Waals surface area contributed by atoms with Gasteiger partial charge in [-0.1, -0.05) is 42.8 Å². The van der Waals surface area contributed by atoms with E-state index in [1.54, 1.807) is 0 Å². The van der Waals surface area contributed by atoms with Gasteiger partial charge in [0.1, 0.15) is 0 Å². The molecule has 3 unspecified atom stereocenters. The van der Waals surface area contributed by atoms with Gasteiger partial charge in [0.15, 0.2) is 0 Å². The molecule has 1 nitrogen and oxygen atoms in total. The number of allylic oxidation sites excluding steroid dienone is 1. The SMILES string of the molecule is C=CC(CCc1ccccc1)C1CCCC(N)C1. The largest absolute Gasteiger partial charge is 0.328 e. The highest BCUT2D eigenvalue weighted by molar-refractivity contribution is 5.15. The van der Waals surface area contributed by atoms with Crippen LogP contribution in [0.25, 0.3) is 0 Å². The molecule has 2 rings (SSSR count). The van der Waals surface area contributed by atoms with Gasteiger partial charge in [0, 0.05) is 6.04 Å². The smallest absolute Gasteiger partial charge is 0.00416 e. The summed E-state index contributed by atoms with van der Waals surface area (Å²) in [6.07, 6.45) is 9.55. The Morgan fingerprint density at radius 2 is 2.06 bits per heavy atom. The Hall–Kier alpha value is -1.08. The van der Waals surface area contributed by atoms with Gasteiger partial charge < -0.3 is 5.73 Å². The third kappa shape index (κ3) is 3.71. The average Bonchev–Trinajstić information content (AvgIpc) is 2.41. The van der Waals surface area contributed by atoms with Crippen LogP contribution >= 0.6 is 0 Å². The molecule has 0 aromatic heterocycles. The predicted molar refractivity (Wildman–Crippen MR) is 78.4 cm³/mol. The van der Waals surface area contributed by atoms with Crippen molar-refractivity contribution in [2.24, 2.45) is 17.6 Å². The van der Waals surface area contributed by atoms with E-state index < -0.39 is 0 Å². The lowest BCUT2D eigenvalue weighted by Gasteiger charge is -2.31. The van der Waals surface area contributed by atoms with Crippen LogP contribution in [0.5, 0.6) is 0 Å². The summed E-state index contributed by atoms with van der Waals surface area (Å²) in [6, 6.07) is 11.2. The number of aryl methyl sites for hydroxylation is 1. The first-order valence-corrected chi connectivity index (χ1v) is 7.21. The van der Waals surface area contributed by atoms with Crippen molar-refractivity contribution >= 4 is 0 Å². The summed E-state index contributed by atoms with van der Waals surface area (Å²) in [7, 11) is 0. The third-order valence-corrected chi connectivity index (χ3v) is 4.27. The van der Waals surface area contributed by atoms with Gasteiger partial charge in [-0.25, -0.2) is 0 Å². The average molecular weight is 243 g/mol. The lowest BCUT2D eigenvalue weighted by atomic mass is 9.76. The highest BCUT2D eigenvalue weighted by atomic mass is 14.6. The van der Waals surface area contributed by atoms with Crippen LogP contribution in [0, 0.1) is 11.8 Å². The normalized spacial score (nSPS) is 25.6. The molecule has 0 spiro atoms. The van der Waals surface area contributed by atoms with Gasteiger partial charge >= 0.3 is 0 Å². The summed E-state index contributed by atoms with van der Waals surface area (Å²) in [5.74, 6) is 1.39. The lowest BCUT2D eigenvalue weighted by molar-refractivity contribution is 0.253. The van der Waals surface area contributed by atoms with Crippen molar-refractivity contribution in [1.29, 1.82) is 0 Å². The molecule has 1 aliphatic carbocycles. The van der Waals surface area contributed by atoms with Crippen molar-refractivity contribution < 1.29 is 0 Å². The fourth-order valence-electron chi connectivity index (χ4n) is 3.18. The van der Waals surface area contributed by atoms with Gasteiger partial charge in [0.05, 0.1) is 0 Å². The minimum Gasteiger partial charge on any atom is -0.328 e. The maximum atomic E-state index is 6.09. The van der Waals surface area contributed by atoms with Crippen LogP contribution < -0.4 is 5.73 Å². The van der Waals surface area contributed by atoms with Gasteiger partial charge in [-0.15, -0.1) is 6.58 Å². The molecule has 1 aromatic rings. The molecule has 1 heteroatoms. The fraction of sp³-hybridized carbons (Fsp3) is 0.529. The van der Waals surface area contributed by atoms with Crippen LogP contribution in [0.15, 0.2) is 43.0 Å². The van der Waals surface area contributed by atoms with Crippen LogP contribution in [0.2, 0.25) is 0 Å². The van der Waals surface area contributed by atoms with Gasteiger partial charge in [0.25, 0.3) is 0 Å². The second kappa shape index (κ2) is 6.75. The van der Waals surface area contributed by atoms with E-state index >= 15 is 0 Å². The molecule has 0 heterocycles. The highest BCUT2D eigenvalue weighted by Crippen LogP contribution is 2.32. The first kappa shape index (κ1) is 13.4. The molecule has 1 fully saturated rings. The Morgan fingerprint density at radius 3 is 2.72 bits per heavy atom. The second-order valence-electron chi connectivity index (χ2n) is 5.61. The van der Waals surface area contributed by atoms with Crippen LogP contribution in [0.1, 0.15) is 37.7 Å². The number of benzene rings is 1. The van der Waals surface area contributed by atoms with E-state index in [0.29, 0.717) is 12.0 Å². The summed E-state index contributed by atoms with van der Waals surface area (Å²) < 4.78 is 0. The number of hydrogen-bond acceptors (Lipinski definition) is 1. The van der Waals surface area contributed by atoms with E-state index in [-0.39, 0.29) is 0 Å². The third-order valence-electron chi connectivity index (χ3n) is 4.27. The van der Waals surface area contributed by atoms with E-state index in [9.17, 15) is 0 Å². The zero-order valence-corrected chi connectivity index (χ0v) is 11.2. The van der Waals surface area contributed by atoms with E-state index in [1.165, 1.54) is 37.7 Å². The van der Waals surface area contributed by atoms with E-state index in [2.05, 4.69) is 43.0 Å². The molecule has 0 radical (unpaired) electrons. The summed E-state index contributed by atoms with van der Waals surface area (Å²) >= 11 is 0. The van der Waals surface area contributed by atoms with E-state index in [0.717, 1.165) is 12.3 Å². The molecule has 98 valence electrons. The van der Waals surface area contributed by atoms with Crippen LogP contribution in [0.3, 0.4) is 0 Å². The Kier molecular flexibility index (Phi) is 5.00. The maximum Gasteiger partial charge on any atom is 0.00416 e. The molecular weight excluding hydrogens is 218 g/mol. The second-order valence-corrected chi connectivity index (χ2v) is 5.61. The quantitative estimate of drug-likeness (QED) is 0.779. The molecule has 0 amide bonds. The van der Waals surface area contributed by atoms with Crippen LogP contribution in [-0.2, 0) is 6.42 Å². The Bertz CT molecular complexity index is 357. The Labute approximate surface area is 111 Å². The molecule has 1 aliphatic rings. The Balaban J connectivity index is 1.87. The zero-order chi connectivity index (χ0) is 12.8. The molecule has 1 aromatic carbocycles. The van der Waals surface area contributed by atoms with Crippen molar-refractivity contribution in [3.05, 3.63) is 48.6 Å². The van der Waals surface area contributed by atoms with Gasteiger partial charge in [-0.05, 0) is 49.5 Å². The first-order valence-electron chi connectivity index (χ1n) is 7.21. The topological polar surface area (TPSA) is 26.0 Å². The first-order chi connectivity index (χ1) is 8.79. The molecular formula is C17H25N. The van der Waals surface area contributed by atoms with Gasteiger partial charge in [-0.3, -0.25) is 0 Å². The molecule has 0 saturated heterocycles. The van der Waals surface area contributed by atoms with Crippen molar-refractivity contribution in [1.82, 2.24) is 0 Å². The summed E-state index contributed by atoms with van der Waals surface area (Å²) in [5.41, 5.74) is 7.53.